The highest BCUT2D eigenvalue weighted by Gasteiger charge is 2.32. The van der Waals surface area contributed by atoms with Crippen molar-refractivity contribution < 1.29 is 42.1 Å². The maximum absolute atomic E-state index is 14.3. The Labute approximate surface area is 297 Å². The number of halogens is 4. The van der Waals surface area contributed by atoms with Crippen molar-refractivity contribution in [3.05, 3.63) is 138 Å². The Morgan fingerprint density at radius 1 is 0.962 bits per heavy atom. The van der Waals surface area contributed by atoms with Gasteiger partial charge in [0.05, 0.1) is 17.3 Å². The Bertz CT molecular complexity index is 1980. The molecule has 0 aliphatic heterocycles. The Morgan fingerprint density at radius 2 is 1.63 bits per heavy atom. The summed E-state index contributed by atoms with van der Waals surface area (Å²) in [5.41, 5.74) is 2.33. The smallest absolute Gasteiger partial charge is 0.393 e. The number of fused-ring (bicyclic) bond motifs is 1. The van der Waals surface area contributed by atoms with E-state index in [1.807, 2.05) is 0 Å². The van der Waals surface area contributed by atoms with Gasteiger partial charge in [-0.3, -0.25) is 9.89 Å². The minimum absolute atomic E-state index is 0.0295. The average molecular weight is 720 g/mol. The molecule has 0 fully saturated rings. The number of amides is 1. The second-order valence-electron chi connectivity index (χ2n) is 11.5. The molecule has 14 heteroatoms. The van der Waals surface area contributed by atoms with E-state index in [4.69, 9.17) is 14.9 Å². The Hall–Kier alpha value is -5.86. The van der Waals surface area contributed by atoms with E-state index in [2.05, 4.69) is 20.5 Å². The van der Waals surface area contributed by atoms with Crippen LogP contribution in [0.25, 0.3) is 22.0 Å². The zero-order valence-corrected chi connectivity index (χ0v) is 28.3. The van der Waals surface area contributed by atoms with Gasteiger partial charge in [-0.1, -0.05) is 72.8 Å². The third-order valence-corrected chi connectivity index (χ3v) is 7.47. The summed E-state index contributed by atoms with van der Waals surface area (Å²) in [6.07, 6.45) is -2.47. The molecule has 5 aromatic rings. The molecular formula is C38H37F4N5O5. The number of nitrogens with one attached hydrogen (secondary N) is 2. The zero-order valence-electron chi connectivity index (χ0n) is 28.3. The number of benzene rings is 3. The van der Waals surface area contributed by atoms with E-state index in [1.54, 1.807) is 105 Å². The molecule has 52 heavy (non-hydrogen) atoms. The second kappa shape index (κ2) is 18.4. The third-order valence-electron chi connectivity index (χ3n) is 7.47. The molecule has 0 aliphatic carbocycles. The van der Waals surface area contributed by atoms with Crippen LogP contribution in [-0.2, 0) is 9.59 Å². The SMILES string of the molecule is CN(C)C(=O)/C=C/CNCCOc1ccc(/C(=C(/CC(F)(F)F)c2ccccc2)c2ccc3[nH]nc(F)c3c2)cn1.O=C(O)[C@@H](O)c1ccccc1. The van der Waals surface area contributed by atoms with Crippen LogP contribution in [0, 0.1) is 5.95 Å². The first-order valence-electron chi connectivity index (χ1n) is 16.0. The lowest BCUT2D eigenvalue weighted by Crippen LogP contribution is -2.22. The van der Waals surface area contributed by atoms with Gasteiger partial charge in [-0.05, 0) is 46.0 Å². The van der Waals surface area contributed by atoms with Crippen LogP contribution in [0.15, 0.2) is 109 Å². The molecule has 2 heterocycles. The number of nitrogens with zero attached hydrogens (tertiary/aromatic N) is 3. The number of carboxylic acids is 1. The van der Waals surface area contributed by atoms with Crippen molar-refractivity contribution in [2.45, 2.75) is 18.7 Å². The van der Waals surface area contributed by atoms with Gasteiger partial charge in [0, 0.05) is 51.1 Å². The van der Waals surface area contributed by atoms with Crippen LogP contribution in [0.4, 0.5) is 17.6 Å². The van der Waals surface area contributed by atoms with Crippen LogP contribution in [0.2, 0.25) is 0 Å². The van der Waals surface area contributed by atoms with E-state index in [0.29, 0.717) is 46.7 Å². The van der Waals surface area contributed by atoms with Crippen molar-refractivity contribution in [1.29, 1.82) is 0 Å². The number of aliphatic hydroxyl groups is 1. The lowest BCUT2D eigenvalue weighted by molar-refractivity contribution is -0.147. The highest BCUT2D eigenvalue weighted by Crippen LogP contribution is 2.40. The number of hydrogen-bond acceptors (Lipinski definition) is 7. The van der Waals surface area contributed by atoms with Gasteiger partial charge >= 0.3 is 12.1 Å². The van der Waals surface area contributed by atoms with Crippen molar-refractivity contribution in [2.75, 3.05) is 33.8 Å². The summed E-state index contributed by atoms with van der Waals surface area (Å²) in [7, 11) is 3.34. The topological polar surface area (TPSA) is 141 Å². The molecule has 5 rings (SSSR count). The molecule has 0 saturated heterocycles. The quantitative estimate of drug-likeness (QED) is 0.0473. The van der Waals surface area contributed by atoms with Crippen LogP contribution in [0.5, 0.6) is 5.88 Å². The first-order chi connectivity index (χ1) is 24.8. The predicted molar refractivity (Wildman–Crippen MR) is 189 cm³/mol. The number of aromatic amines is 1. The highest BCUT2D eigenvalue weighted by molar-refractivity contribution is 6.00. The lowest BCUT2D eigenvalue weighted by Gasteiger charge is -2.19. The number of pyridine rings is 1. The van der Waals surface area contributed by atoms with Crippen molar-refractivity contribution in [1.82, 2.24) is 25.4 Å². The number of allylic oxidation sites excluding steroid dienone is 1. The van der Waals surface area contributed by atoms with Gasteiger partial charge in [-0.2, -0.15) is 17.6 Å². The fraction of sp³-hybridized carbons (Fsp3) is 0.211. The Balaban J connectivity index is 0.000000470. The summed E-state index contributed by atoms with van der Waals surface area (Å²) in [5, 5.41) is 26.8. The number of aromatic nitrogens is 3. The standard InChI is InChI=1S/C30H29F4N5O2.C8H8O3/c1-39(2)27(40)9-6-14-35-15-16-41-26-13-11-22(19-36-26)28(21-10-12-25-23(17-21)29(31)38-37-25)24(18-30(32,33)34)20-7-4-3-5-8-20;9-7(8(10)11)6-4-2-1-3-5-6/h3-13,17,19,35H,14-16,18H2,1-2H3,(H,37,38);1-5,7,9H,(H,10,11)/b9-6+,28-24-;/t;7-/m.0/s1. The molecule has 0 bridgehead atoms. The van der Waals surface area contributed by atoms with Crippen molar-refractivity contribution in [2.24, 2.45) is 0 Å². The van der Waals surface area contributed by atoms with Crippen molar-refractivity contribution in [3.63, 3.8) is 0 Å². The van der Waals surface area contributed by atoms with Gasteiger partial charge in [0.2, 0.25) is 17.7 Å². The maximum atomic E-state index is 14.3. The molecular weight excluding hydrogens is 682 g/mol. The largest absolute Gasteiger partial charge is 0.479 e. The fourth-order valence-electron chi connectivity index (χ4n) is 4.94. The molecule has 272 valence electrons. The van der Waals surface area contributed by atoms with E-state index in [1.165, 1.54) is 23.2 Å². The number of carboxylic acid groups (broad SMARTS) is 1. The van der Waals surface area contributed by atoms with Crippen LogP contribution in [0.1, 0.15) is 34.8 Å². The number of ether oxygens (including phenoxy) is 1. The molecule has 0 aliphatic rings. The summed E-state index contributed by atoms with van der Waals surface area (Å²) in [5.74, 6) is -1.78. The summed E-state index contributed by atoms with van der Waals surface area (Å²) in [4.78, 5) is 27.6. The number of H-pyrrole nitrogens is 1. The van der Waals surface area contributed by atoms with Crippen molar-refractivity contribution in [3.8, 4) is 5.88 Å². The number of aliphatic hydroxyl groups excluding tert-OH is 1. The highest BCUT2D eigenvalue weighted by atomic mass is 19.4. The van der Waals surface area contributed by atoms with Gasteiger partial charge in [-0.25, -0.2) is 9.78 Å². The monoisotopic (exact) mass is 719 g/mol. The molecule has 0 unspecified atom stereocenters. The van der Waals surface area contributed by atoms with E-state index in [0.717, 1.165) is 0 Å². The normalized spacial score (nSPS) is 12.5. The van der Waals surface area contributed by atoms with Crippen molar-refractivity contribution >= 4 is 33.9 Å². The number of rotatable bonds is 13. The van der Waals surface area contributed by atoms with Gasteiger partial charge in [-0.15, -0.1) is 5.10 Å². The minimum atomic E-state index is -4.50. The number of carbonyl (C=O) groups excluding carboxylic acids is 1. The van der Waals surface area contributed by atoms with Crippen LogP contribution in [0.3, 0.4) is 0 Å². The summed E-state index contributed by atoms with van der Waals surface area (Å²) in [6.45, 7) is 1.24. The van der Waals surface area contributed by atoms with Crippen LogP contribution < -0.4 is 10.1 Å². The Kier molecular flexibility index (Phi) is 13.8. The van der Waals surface area contributed by atoms with Gasteiger partial charge in [0.1, 0.15) is 6.61 Å². The number of alkyl halides is 3. The molecule has 0 saturated carbocycles. The van der Waals surface area contributed by atoms with E-state index in [-0.39, 0.29) is 29.0 Å². The van der Waals surface area contributed by atoms with Gasteiger partial charge in [0.25, 0.3) is 0 Å². The average Bonchev–Trinajstić information content (AvgIpc) is 3.51. The molecule has 1 amide bonds. The van der Waals surface area contributed by atoms with Crippen LogP contribution in [-0.4, -0.2) is 82.1 Å². The Morgan fingerprint density at radius 3 is 2.25 bits per heavy atom. The van der Waals surface area contributed by atoms with Gasteiger partial charge < -0.3 is 25.2 Å². The second-order valence-corrected chi connectivity index (χ2v) is 11.5. The number of aliphatic carboxylic acids is 1. The third kappa shape index (κ3) is 11.3. The first-order valence-corrected chi connectivity index (χ1v) is 16.0. The molecule has 2 aromatic heterocycles. The van der Waals surface area contributed by atoms with Gasteiger partial charge in [0.15, 0.2) is 6.10 Å². The zero-order chi connectivity index (χ0) is 37.7. The predicted octanol–water partition coefficient (Wildman–Crippen LogP) is 6.43. The summed E-state index contributed by atoms with van der Waals surface area (Å²) < 4.78 is 61.6. The van der Waals surface area contributed by atoms with Crippen LogP contribution >= 0.6 is 0 Å². The fourth-order valence-corrected chi connectivity index (χ4v) is 4.94. The summed E-state index contributed by atoms with van der Waals surface area (Å²) >= 11 is 0. The molecule has 3 aromatic carbocycles. The molecule has 0 radical (unpaired) electrons. The van der Waals surface area contributed by atoms with E-state index < -0.39 is 30.6 Å². The molecule has 1 atom stereocenters. The maximum Gasteiger partial charge on any atom is 0.393 e. The summed E-state index contributed by atoms with van der Waals surface area (Å²) in [6, 6.07) is 24.5. The first kappa shape index (κ1) is 38.9. The minimum Gasteiger partial charge on any atom is -0.479 e. The molecule has 4 N–H and O–H groups in total. The van der Waals surface area contributed by atoms with E-state index in [9.17, 15) is 27.2 Å². The van der Waals surface area contributed by atoms with E-state index >= 15 is 0 Å². The number of carbonyl (C=O) groups is 2. The lowest BCUT2D eigenvalue weighted by atomic mass is 9.88. The molecule has 0 spiro atoms. The number of likely N-dealkylation sites (N-methyl/N-ethyl adjacent to an activating group) is 1. The number of hydrogen-bond donors (Lipinski definition) is 4. The molecule has 10 nitrogen and oxygen atoms in total.